The normalized spacial score (nSPS) is 10.9. The molecule has 0 radical (unpaired) electrons. The quantitative estimate of drug-likeness (QED) is 0.446. The van der Waals surface area contributed by atoms with Crippen molar-refractivity contribution in [3.63, 3.8) is 0 Å². The summed E-state index contributed by atoms with van der Waals surface area (Å²) in [6.07, 6.45) is 1.59. The molecule has 1 amide bonds. The van der Waals surface area contributed by atoms with Crippen molar-refractivity contribution >= 4 is 17.7 Å². The lowest BCUT2D eigenvalue weighted by Crippen LogP contribution is -2.24. The van der Waals surface area contributed by atoms with Crippen LogP contribution in [0.15, 0.2) is 76.5 Å². The maximum Gasteiger partial charge on any atom is 0.230 e. The lowest BCUT2D eigenvalue weighted by Gasteiger charge is -2.11. The highest BCUT2D eigenvalue weighted by Gasteiger charge is 2.17. The second kappa shape index (κ2) is 9.00. The smallest absolute Gasteiger partial charge is 0.230 e. The third-order valence-corrected chi connectivity index (χ3v) is 5.50. The largest absolute Gasteiger partial charge is 0.467 e. The highest BCUT2D eigenvalue weighted by atomic mass is 32.2. The average molecular weight is 419 g/mol. The van der Waals surface area contributed by atoms with E-state index in [2.05, 4.69) is 53.6 Å². The van der Waals surface area contributed by atoms with E-state index >= 15 is 0 Å². The Labute approximate surface area is 179 Å². The van der Waals surface area contributed by atoms with Gasteiger partial charge in [-0.2, -0.15) is 0 Å². The fourth-order valence-electron chi connectivity index (χ4n) is 3.04. The minimum atomic E-state index is -0.0908. The van der Waals surface area contributed by atoms with Crippen LogP contribution in [0.25, 0.3) is 17.1 Å². The summed E-state index contributed by atoms with van der Waals surface area (Å²) in [7, 11) is 0. The predicted octanol–water partition coefficient (Wildman–Crippen LogP) is 4.55. The van der Waals surface area contributed by atoms with Gasteiger partial charge in [0, 0.05) is 11.3 Å². The van der Waals surface area contributed by atoms with Gasteiger partial charge in [0.2, 0.25) is 5.91 Å². The van der Waals surface area contributed by atoms with Gasteiger partial charge >= 0.3 is 0 Å². The Morgan fingerprint density at radius 2 is 1.87 bits per heavy atom. The zero-order valence-corrected chi connectivity index (χ0v) is 17.6. The molecule has 0 fully saturated rings. The number of amides is 1. The Bertz CT molecular complexity index is 1130. The van der Waals surface area contributed by atoms with E-state index in [0.29, 0.717) is 11.7 Å². The third-order valence-electron chi connectivity index (χ3n) is 4.57. The summed E-state index contributed by atoms with van der Waals surface area (Å²) >= 11 is 1.36. The maximum absolute atomic E-state index is 12.3. The highest BCUT2D eigenvalue weighted by molar-refractivity contribution is 7.99. The zero-order chi connectivity index (χ0) is 20.9. The third kappa shape index (κ3) is 4.63. The van der Waals surface area contributed by atoms with Crippen molar-refractivity contribution in [2.24, 2.45) is 0 Å². The van der Waals surface area contributed by atoms with Crippen molar-refractivity contribution in [2.75, 3.05) is 5.75 Å². The minimum absolute atomic E-state index is 0.0908. The first-order valence-corrected chi connectivity index (χ1v) is 10.6. The summed E-state index contributed by atoms with van der Waals surface area (Å²) in [6.45, 7) is 4.47. The number of benzene rings is 2. The van der Waals surface area contributed by atoms with Gasteiger partial charge in [-0.05, 0) is 44.2 Å². The zero-order valence-electron chi connectivity index (χ0n) is 16.8. The molecule has 2 aromatic heterocycles. The summed E-state index contributed by atoms with van der Waals surface area (Å²) in [5, 5.41) is 12.3. The predicted molar refractivity (Wildman–Crippen MR) is 118 cm³/mol. The summed E-state index contributed by atoms with van der Waals surface area (Å²) in [6, 6.07) is 20.0. The fourth-order valence-corrected chi connectivity index (χ4v) is 3.82. The summed E-state index contributed by atoms with van der Waals surface area (Å²) in [5.41, 5.74) is 4.27. The second-order valence-corrected chi connectivity index (χ2v) is 7.93. The van der Waals surface area contributed by atoms with Gasteiger partial charge in [-0.1, -0.05) is 53.2 Å². The van der Waals surface area contributed by atoms with Crippen LogP contribution >= 0.6 is 11.8 Å². The number of aryl methyl sites for hydroxylation is 2. The Balaban J connectivity index is 1.58. The molecule has 6 nitrogen and oxygen atoms in total. The lowest BCUT2D eigenvalue weighted by molar-refractivity contribution is -0.118. The topological polar surface area (TPSA) is 73.0 Å². The van der Waals surface area contributed by atoms with Crippen molar-refractivity contribution in [2.45, 2.75) is 25.5 Å². The molecule has 1 N–H and O–H groups in total. The molecule has 0 bridgehead atoms. The molecule has 0 aliphatic carbocycles. The van der Waals surface area contributed by atoms with Crippen molar-refractivity contribution in [3.8, 4) is 17.1 Å². The van der Waals surface area contributed by atoms with Crippen molar-refractivity contribution in [1.82, 2.24) is 20.1 Å². The number of nitrogens with zero attached hydrogens (tertiary/aromatic N) is 3. The fraction of sp³-hybridized carbons (Fsp3) is 0.174. The SMILES string of the molecule is Cc1ccc(-n2c(SCC(=O)NCc3ccco3)nnc2-c2cccc(C)c2)cc1. The number of rotatable bonds is 7. The Hall–Kier alpha value is -3.32. The molecule has 4 aromatic rings. The molecular formula is C23H22N4O2S. The molecule has 0 unspecified atom stereocenters. The first kappa shape index (κ1) is 20.0. The molecule has 4 rings (SSSR count). The van der Waals surface area contributed by atoms with E-state index in [9.17, 15) is 4.79 Å². The number of hydrogen-bond acceptors (Lipinski definition) is 5. The van der Waals surface area contributed by atoms with E-state index in [1.54, 1.807) is 12.3 Å². The van der Waals surface area contributed by atoms with Gasteiger partial charge in [0.05, 0.1) is 18.6 Å². The Morgan fingerprint density at radius 1 is 1.03 bits per heavy atom. The minimum Gasteiger partial charge on any atom is -0.467 e. The Kier molecular flexibility index (Phi) is 5.99. The van der Waals surface area contributed by atoms with Gasteiger partial charge in [-0.15, -0.1) is 10.2 Å². The van der Waals surface area contributed by atoms with Gasteiger partial charge in [-0.3, -0.25) is 9.36 Å². The lowest BCUT2D eigenvalue weighted by atomic mass is 10.1. The van der Waals surface area contributed by atoms with Crippen LogP contribution < -0.4 is 5.32 Å². The van der Waals surface area contributed by atoms with E-state index in [0.717, 1.165) is 28.4 Å². The number of nitrogens with one attached hydrogen (secondary N) is 1. The molecule has 2 aromatic carbocycles. The number of thioether (sulfide) groups is 1. The molecule has 152 valence electrons. The number of aromatic nitrogens is 3. The van der Waals surface area contributed by atoms with Crippen LogP contribution in [0.1, 0.15) is 16.9 Å². The van der Waals surface area contributed by atoms with Crippen LogP contribution in [0.3, 0.4) is 0 Å². The van der Waals surface area contributed by atoms with E-state index in [1.807, 2.05) is 34.9 Å². The molecule has 30 heavy (non-hydrogen) atoms. The van der Waals surface area contributed by atoms with Gasteiger partial charge in [0.1, 0.15) is 5.76 Å². The number of hydrogen-bond donors (Lipinski definition) is 1. The van der Waals surface area contributed by atoms with Crippen LogP contribution in [0.5, 0.6) is 0 Å². The van der Waals surface area contributed by atoms with Gasteiger partial charge in [-0.25, -0.2) is 0 Å². The molecule has 0 aliphatic heterocycles. The van der Waals surface area contributed by atoms with Crippen molar-refractivity contribution in [1.29, 1.82) is 0 Å². The standard InChI is InChI=1S/C23H22N4O2S/c1-16-8-10-19(11-9-16)27-22(18-6-3-5-17(2)13-18)25-26-23(27)30-15-21(28)24-14-20-7-4-12-29-20/h3-13H,14-15H2,1-2H3,(H,24,28). The van der Waals surface area contributed by atoms with Crippen LogP contribution in [0, 0.1) is 13.8 Å². The van der Waals surface area contributed by atoms with Gasteiger partial charge < -0.3 is 9.73 Å². The molecular weight excluding hydrogens is 396 g/mol. The number of carbonyl (C=O) groups is 1. The molecule has 2 heterocycles. The van der Waals surface area contributed by atoms with Crippen LogP contribution in [-0.2, 0) is 11.3 Å². The first-order chi connectivity index (χ1) is 14.6. The molecule has 0 aliphatic rings. The molecule has 0 saturated carbocycles. The summed E-state index contributed by atoms with van der Waals surface area (Å²) in [5.74, 6) is 1.62. The molecule has 0 saturated heterocycles. The summed E-state index contributed by atoms with van der Waals surface area (Å²) < 4.78 is 7.25. The first-order valence-electron chi connectivity index (χ1n) is 9.61. The van der Waals surface area contributed by atoms with Crippen molar-refractivity contribution < 1.29 is 9.21 Å². The Morgan fingerprint density at radius 3 is 2.60 bits per heavy atom. The number of carbonyl (C=O) groups excluding carboxylic acids is 1. The van der Waals surface area contributed by atoms with Crippen LogP contribution in [0.2, 0.25) is 0 Å². The van der Waals surface area contributed by atoms with E-state index in [1.165, 1.54) is 17.3 Å². The van der Waals surface area contributed by atoms with E-state index in [-0.39, 0.29) is 11.7 Å². The van der Waals surface area contributed by atoms with E-state index in [4.69, 9.17) is 4.42 Å². The molecule has 0 spiro atoms. The van der Waals surface area contributed by atoms with Crippen LogP contribution in [-0.4, -0.2) is 26.4 Å². The highest BCUT2D eigenvalue weighted by Crippen LogP contribution is 2.28. The number of furan rings is 1. The summed E-state index contributed by atoms with van der Waals surface area (Å²) in [4.78, 5) is 12.3. The van der Waals surface area contributed by atoms with E-state index < -0.39 is 0 Å². The van der Waals surface area contributed by atoms with Gasteiger partial charge in [0.15, 0.2) is 11.0 Å². The van der Waals surface area contributed by atoms with Crippen molar-refractivity contribution in [3.05, 3.63) is 83.8 Å². The van der Waals surface area contributed by atoms with Gasteiger partial charge in [0.25, 0.3) is 0 Å². The molecule has 7 heteroatoms. The second-order valence-electron chi connectivity index (χ2n) is 6.99. The maximum atomic E-state index is 12.3. The molecule has 0 atom stereocenters. The van der Waals surface area contributed by atoms with Crippen LogP contribution in [0.4, 0.5) is 0 Å². The average Bonchev–Trinajstić information content (AvgIpc) is 3.41. The monoisotopic (exact) mass is 418 g/mol.